The first-order chi connectivity index (χ1) is 6.88. The van der Waals surface area contributed by atoms with Gasteiger partial charge in [0.1, 0.15) is 6.61 Å². The van der Waals surface area contributed by atoms with Crippen molar-refractivity contribution < 1.29 is 17.9 Å². The molecule has 2 nitrogen and oxygen atoms in total. The van der Waals surface area contributed by atoms with E-state index in [9.17, 15) is 13.2 Å². The summed E-state index contributed by atoms with van der Waals surface area (Å²) in [5, 5.41) is 0.412. The molecular formula is C9H9ClF3NO. The van der Waals surface area contributed by atoms with Gasteiger partial charge in [-0.2, -0.15) is 13.2 Å². The highest BCUT2D eigenvalue weighted by atomic mass is 35.5. The number of benzene rings is 1. The zero-order valence-electron chi connectivity index (χ0n) is 7.64. The molecule has 1 aromatic carbocycles. The van der Waals surface area contributed by atoms with Crippen molar-refractivity contribution in [1.29, 1.82) is 0 Å². The van der Waals surface area contributed by atoms with Gasteiger partial charge in [0.05, 0.1) is 6.61 Å². The fourth-order valence-corrected chi connectivity index (χ4v) is 1.17. The van der Waals surface area contributed by atoms with Crippen LogP contribution in [0.2, 0.25) is 5.02 Å². The van der Waals surface area contributed by atoms with Crippen molar-refractivity contribution in [2.75, 3.05) is 12.3 Å². The molecule has 84 valence electrons. The van der Waals surface area contributed by atoms with Gasteiger partial charge in [-0.3, -0.25) is 0 Å². The van der Waals surface area contributed by atoms with E-state index in [1.807, 2.05) is 0 Å². The molecular weight excluding hydrogens is 231 g/mol. The third-order valence-corrected chi connectivity index (χ3v) is 1.86. The number of ether oxygens (including phenoxy) is 1. The van der Waals surface area contributed by atoms with E-state index in [0.717, 1.165) is 0 Å². The van der Waals surface area contributed by atoms with Crippen molar-refractivity contribution in [1.82, 2.24) is 0 Å². The van der Waals surface area contributed by atoms with E-state index >= 15 is 0 Å². The number of hydrogen-bond acceptors (Lipinski definition) is 2. The fourth-order valence-electron chi connectivity index (χ4n) is 0.976. The maximum absolute atomic E-state index is 11.8. The maximum Gasteiger partial charge on any atom is 0.411 e. The molecule has 0 aliphatic rings. The van der Waals surface area contributed by atoms with Crippen molar-refractivity contribution in [2.24, 2.45) is 0 Å². The average molecular weight is 240 g/mol. The Morgan fingerprint density at radius 3 is 2.60 bits per heavy atom. The van der Waals surface area contributed by atoms with Crippen LogP contribution in [0, 0.1) is 0 Å². The molecule has 0 aromatic heterocycles. The van der Waals surface area contributed by atoms with Crippen molar-refractivity contribution in [3.05, 3.63) is 28.8 Å². The highest BCUT2D eigenvalue weighted by Crippen LogP contribution is 2.20. The number of alkyl halides is 3. The Hall–Kier alpha value is -0.940. The molecule has 1 rings (SSSR count). The van der Waals surface area contributed by atoms with Crippen LogP contribution >= 0.6 is 11.6 Å². The van der Waals surface area contributed by atoms with Crippen LogP contribution in [0.5, 0.6) is 0 Å². The van der Waals surface area contributed by atoms with Crippen LogP contribution in [0.4, 0.5) is 18.9 Å². The van der Waals surface area contributed by atoms with E-state index in [1.54, 1.807) is 6.07 Å². The second-order valence-corrected chi connectivity index (χ2v) is 3.39. The molecule has 0 saturated carbocycles. The molecule has 1 aromatic rings. The summed E-state index contributed by atoms with van der Waals surface area (Å²) in [5.41, 5.74) is 6.33. The Morgan fingerprint density at radius 2 is 2.00 bits per heavy atom. The second kappa shape index (κ2) is 4.72. The highest BCUT2D eigenvalue weighted by molar-refractivity contribution is 6.30. The largest absolute Gasteiger partial charge is 0.411 e. The lowest BCUT2D eigenvalue weighted by molar-refractivity contribution is -0.176. The van der Waals surface area contributed by atoms with Crippen molar-refractivity contribution in [3.63, 3.8) is 0 Å². The normalized spacial score (nSPS) is 11.7. The van der Waals surface area contributed by atoms with E-state index in [4.69, 9.17) is 17.3 Å². The average Bonchev–Trinajstić information content (AvgIpc) is 2.09. The molecule has 6 heteroatoms. The Labute approximate surface area is 89.8 Å². The van der Waals surface area contributed by atoms with Gasteiger partial charge < -0.3 is 10.5 Å². The van der Waals surface area contributed by atoms with Crippen LogP contribution in [0.3, 0.4) is 0 Å². The predicted octanol–water partition coefficient (Wildman–Crippen LogP) is 3.00. The number of nitrogen functional groups attached to an aromatic ring is 1. The van der Waals surface area contributed by atoms with Gasteiger partial charge >= 0.3 is 6.18 Å². The summed E-state index contributed by atoms with van der Waals surface area (Å²) in [7, 11) is 0. The summed E-state index contributed by atoms with van der Waals surface area (Å²) in [4.78, 5) is 0. The summed E-state index contributed by atoms with van der Waals surface area (Å²) in [6.45, 7) is -1.50. The summed E-state index contributed by atoms with van der Waals surface area (Å²) in [5.74, 6) is 0. The van der Waals surface area contributed by atoms with E-state index < -0.39 is 12.8 Å². The molecule has 0 amide bonds. The van der Waals surface area contributed by atoms with Gasteiger partial charge in [-0.05, 0) is 18.2 Å². The lowest BCUT2D eigenvalue weighted by Gasteiger charge is -2.09. The number of hydrogen-bond donors (Lipinski definition) is 1. The molecule has 0 radical (unpaired) electrons. The molecule has 0 fully saturated rings. The Kier molecular flexibility index (Phi) is 3.82. The maximum atomic E-state index is 11.8. The molecule has 0 heterocycles. The minimum atomic E-state index is -4.33. The van der Waals surface area contributed by atoms with Crippen LogP contribution in [-0.2, 0) is 11.3 Å². The highest BCUT2D eigenvalue weighted by Gasteiger charge is 2.27. The van der Waals surface area contributed by atoms with Crippen LogP contribution in [-0.4, -0.2) is 12.8 Å². The van der Waals surface area contributed by atoms with Gasteiger partial charge in [0.25, 0.3) is 0 Å². The molecule has 15 heavy (non-hydrogen) atoms. The van der Waals surface area contributed by atoms with Gasteiger partial charge in [-0.25, -0.2) is 0 Å². The van der Waals surface area contributed by atoms with Crippen LogP contribution in [0.15, 0.2) is 18.2 Å². The number of rotatable bonds is 3. The summed E-state index contributed by atoms with van der Waals surface area (Å²) >= 11 is 5.65. The third kappa shape index (κ3) is 4.40. The Balaban J connectivity index is 2.54. The number of nitrogens with two attached hydrogens (primary N) is 1. The first kappa shape index (κ1) is 12.1. The van der Waals surface area contributed by atoms with Crippen molar-refractivity contribution in [2.45, 2.75) is 12.8 Å². The molecule has 0 spiro atoms. The van der Waals surface area contributed by atoms with E-state index in [0.29, 0.717) is 16.3 Å². The van der Waals surface area contributed by atoms with Crippen LogP contribution in [0.1, 0.15) is 5.56 Å². The summed E-state index contributed by atoms with van der Waals surface area (Å²) in [6, 6.07) is 4.56. The van der Waals surface area contributed by atoms with Crippen LogP contribution in [0.25, 0.3) is 0 Å². The molecule has 0 aliphatic heterocycles. The van der Waals surface area contributed by atoms with Crippen molar-refractivity contribution in [3.8, 4) is 0 Å². The topological polar surface area (TPSA) is 35.2 Å². The van der Waals surface area contributed by atoms with Gasteiger partial charge in [0, 0.05) is 16.3 Å². The SMILES string of the molecule is Nc1ccc(Cl)cc1COCC(F)(F)F. The van der Waals surface area contributed by atoms with E-state index in [-0.39, 0.29) is 6.61 Å². The summed E-state index contributed by atoms with van der Waals surface area (Å²) < 4.78 is 39.7. The van der Waals surface area contributed by atoms with Gasteiger partial charge in [0.2, 0.25) is 0 Å². The summed E-state index contributed by atoms with van der Waals surface area (Å²) in [6.07, 6.45) is -4.33. The molecule has 0 bridgehead atoms. The van der Waals surface area contributed by atoms with Gasteiger partial charge in [-0.15, -0.1) is 0 Å². The minimum absolute atomic E-state index is 0.202. The Bertz CT molecular complexity index is 341. The second-order valence-electron chi connectivity index (χ2n) is 2.95. The Morgan fingerprint density at radius 1 is 1.33 bits per heavy atom. The monoisotopic (exact) mass is 239 g/mol. The van der Waals surface area contributed by atoms with Gasteiger partial charge in [-0.1, -0.05) is 11.6 Å². The lowest BCUT2D eigenvalue weighted by atomic mass is 10.2. The lowest BCUT2D eigenvalue weighted by Crippen LogP contribution is -2.17. The first-order valence-corrected chi connectivity index (χ1v) is 4.45. The standard InChI is InChI=1S/C9H9ClF3NO/c10-7-1-2-8(14)6(3-7)4-15-5-9(11,12)13/h1-3H,4-5,14H2. The van der Waals surface area contributed by atoms with Crippen LogP contribution < -0.4 is 5.73 Å². The minimum Gasteiger partial charge on any atom is -0.398 e. The fraction of sp³-hybridized carbons (Fsp3) is 0.333. The molecule has 0 aliphatic carbocycles. The first-order valence-electron chi connectivity index (χ1n) is 4.07. The predicted molar refractivity (Wildman–Crippen MR) is 51.6 cm³/mol. The van der Waals surface area contributed by atoms with Crippen molar-refractivity contribution >= 4 is 17.3 Å². The molecule has 0 saturated heterocycles. The van der Waals surface area contributed by atoms with Gasteiger partial charge in [0.15, 0.2) is 0 Å². The zero-order valence-corrected chi connectivity index (χ0v) is 8.40. The molecule has 2 N–H and O–H groups in total. The van der Waals surface area contributed by atoms with E-state index in [1.165, 1.54) is 12.1 Å². The third-order valence-electron chi connectivity index (χ3n) is 1.63. The molecule has 0 unspecified atom stereocenters. The quantitative estimate of drug-likeness (QED) is 0.823. The molecule has 0 atom stereocenters. The zero-order chi connectivity index (χ0) is 11.5. The number of anilines is 1. The van der Waals surface area contributed by atoms with E-state index in [2.05, 4.69) is 4.74 Å². The smallest absolute Gasteiger partial charge is 0.398 e. The number of halogens is 4.